The summed E-state index contributed by atoms with van der Waals surface area (Å²) in [5.74, 6) is -2.65. The molecule has 6 nitrogen and oxygen atoms in total. The molecule has 0 bridgehead atoms. The van der Waals surface area contributed by atoms with Gasteiger partial charge >= 0.3 is 5.97 Å². The van der Waals surface area contributed by atoms with Crippen molar-refractivity contribution >= 4 is 23.3 Å². The molecule has 0 heterocycles. The monoisotopic (exact) mass is 598 g/mol. The maximum absolute atomic E-state index is 13.1. The van der Waals surface area contributed by atoms with Crippen LogP contribution in [0.1, 0.15) is 99.4 Å². The molecular weight excluding hydrogens is 552 g/mol. The second kappa shape index (κ2) is 17.3. The van der Waals surface area contributed by atoms with Crippen molar-refractivity contribution in [2.24, 2.45) is 17.8 Å². The molecule has 234 valence electrons. The molecule has 6 heteroatoms. The van der Waals surface area contributed by atoms with Crippen molar-refractivity contribution in [3.05, 3.63) is 89.5 Å². The molecule has 0 fully saturated rings. The largest absolute Gasteiger partial charge is 0.494 e. The summed E-state index contributed by atoms with van der Waals surface area (Å²) in [6, 6.07) is 21.7. The van der Waals surface area contributed by atoms with Crippen molar-refractivity contribution in [1.82, 2.24) is 0 Å². The molecule has 0 unspecified atom stereocenters. The molecule has 44 heavy (non-hydrogen) atoms. The molecule has 3 aromatic rings. The van der Waals surface area contributed by atoms with E-state index in [1.165, 1.54) is 39.5 Å². The molecule has 0 aromatic heterocycles. The summed E-state index contributed by atoms with van der Waals surface area (Å²) in [5, 5.41) is 0. The van der Waals surface area contributed by atoms with Gasteiger partial charge in [0.25, 0.3) is 0 Å². The fourth-order valence-electron chi connectivity index (χ4n) is 4.74. The maximum Gasteiger partial charge on any atom is 0.316 e. The first-order chi connectivity index (χ1) is 21.2. The van der Waals surface area contributed by atoms with Crippen LogP contribution in [0.15, 0.2) is 72.8 Å². The zero-order chi connectivity index (χ0) is 32.1. The predicted octanol–water partition coefficient (Wildman–Crippen LogP) is 8.55. The number of rotatable bonds is 18. The van der Waals surface area contributed by atoms with Crippen molar-refractivity contribution < 1.29 is 28.7 Å². The molecule has 0 amide bonds. The summed E-state index contributed by atoms with van der Waals surface area (Å²) in [7, 11) is 0. The summed E-state index contributed by atoms with van der Waals surface area (Å²) in [4.78, 5) is 51.3. The SMILES string of the molecule is CCCCCCCOc1ccc(-c2ccc(C(=O)c3ccc(C(=O)[C@@H](C)C(=O)[C@H](C)C(=O)OC[C@@H](C)CC)cc3)cc2)cc1. The average Bonchev–Trinajstić information content (AvgIpc) is 3.07. The number of ether oxygens (including phenoxy) is 2. The van der Waals surface area contributed by atoms with Crippen LogP contribution in [0.25, 0.3) is 11.1 Å². The van der Waals surface area contributed by atoms with E-state index < -0.39 is 29.4 Å². The molecule has 3 aromatic carbocycles. The minimum absolute atomic E-state index is 0.167. The molecule has 0 aliphatic carbocycles. The van der Waals surface area contributed by atoms with Crippen LogP contribution >= 0.6 is 0 Å². The first kappa shape index (κ1) is 34.4. The van der Waals surface area contributed by atoms with Gasteiger partial charge in [-0.1, -0.05) is 114 Å². The van der Waals surface area contributed by atoms with Crippen LogP contribution in [-0.4, -0.2) is 36.5 Å². The quantitative estimate of drug-likeness (QED) is 0.0631. The highest BCUT2D eigenvalue weighted by Crippen LogP contribution is 2.24. The molecule has 0 aliphatic heterocycles. The lowest BCUT2D eigenvalue weighted by molar-refractivity contribution is -0.152. The van der Waals surface area contributed by atoms with Gasteiger partial charge in [-0.2, -0.15) is 0 Å². The summed E-state index contributed by atoms with van der Waals surface area (Å²) in [6.07, 6.45) is 6.87. The van der Waals surface area contributed by atoms with Gasteiger partial charge in [0.15, 0.2) is 17.3 Å². The van der Waals surface area contributed by atoms with Crippen molar-refractivity contribution in [2.75, 3.05) is 13.2 Å². The molecule has 0 saturated carbocycles. The second-order valence-electron chi connectivity index (χ2n) is 11.6. The van der Waals surface area contributed by atoms with E-state index >= 15 is 0 Å². The number of esters is 1. The van der Waals surface area contributed by atoms with Gasteiger partial charge in [0.05, 0.1) is 19.1 Å². The third kappa shape index (κ3) is 9.73. The highest BCUT2D eigenvalue weighted by molar-refractivity contribution is 6.15. The standard InChI is InChI=1S/C38H46O6/c1-6-8-9-10-11-24-43-34-22-20-30(21-23-34)29-12-14-32(15-13-29)37(41)33-18-16-31(17-19-33)36(40)27(4)35(39)28(5)38(42)44-25-26(3)7-2/h12-23,26-28H,6-11,24-25H2,1-5H3/t26-,27-,28-/m0/s1. The van der Waals surface area contributed by atoms with Crippen LogP contribution in [0.2, 0.25) is 0 Å². The van der Waals surface area contributed by atoms with Crippen LogP contribution < -0.4 is 4.74 Å². The molecule has 0 radical (unpaired) electrons. The van der Waals surface area contributed by atoms with Crippen molar-refractivity contribution in [2.45, 2.75) is 73.1 Å². The second-order valence-corrected chi connectivity index (χ2v) is 11.6. The third-order valence-electron chi connectivity index (χ3n) is 8.09. The van der Waals surface area contributed by atoms with Crippen molar-refractivity contribution in [3.8, 4) is 16.9 Å². The normalized spacial score (nSPS) is 13.0. The lowest BCUT2D eigenvalue weighted by Crippen LogP contribution is -2.32. The highest BCUT2D eigenvalue weighted by atomic mass is 16.5. The Morgan fingerprint density at radius 1 is 0.636 bits per heavy atom. The molecule has 0 spiro atoms. The van der Waals surface area contributed by atoms with E-state index in [1.807, 2.05) is 50.2 Å². The van der Waals surface area contributed by atoms with Crippen LogP contribution in [-0.2, 0) is 14.3 Å². The molecule has 3 rings (SSSR count). The maximum atomic E-state index is 13.1. The van der Waals surface area contributed by atoms with Crippen LogP contribution in [0.5, 0.6) is 5.75 Å². The van der Waals surface area contributed by atoms with Gasteiger partial charge in [-0.05, 0) is 49.4 Å². The number of unbranched alkanes of at least 4 members (excludes halogenated alkanes) is 4. The number of Topliss-reactive ketones (excluding diaryl/α,β-unsaturated/α-hetero) is 2. The van der Waals surface area contributed by atoms with E-state index in [9.17, 15) is 19.2 Å². The van der Waals surface area contributed by atoms with Gasteiger partial charge in [0.1, 0.15) is 11.7 Å². The van der Waals surface area contributed by atoms with Gasteiger partial charge in [0.2, 0.25) is 0 Å². The minimum Gasteiger partial charge on any atom is -0.494 e. The number of carbonyl (C=O) groups is 4. The molecule has 0 N–H and O–H groups in total. The lowest BCUT2D eigenvalue weighted by atomic mass is 9.88. The Morgan fingerprint density at radius 3 is 1.73 bits per heavy atom. The summed E-state index contributed by atoms with van der Waals surface area (Å²) in [5.41, 5.74) is 3.30. The third-order valence-corrected chi connectivity index (χ3v) is 8.09. The average molecular weight is 599 g/mol. The molecular formula is C38H46O6. The Hall–Kier alpha value is -4.06. The number of hydrogen-bond acceptors (Lipinski definition) is 6. The van der Waals surface area contributed by atoms with E-state index in [0.29, 0.717) is 16.7 Å². The summed E-state index contributed by atoms with van der Waals surface area (Å²) < 4.78 is 11.1. The Kier molecular flexibility index (Phi) is 13.5. The van der Waals surface area contributed by atoms with Gasteiger partial charge in [-0.15, -0.1) is 0 Å². The Labute approximate surface area is 262 Å². The predicted molar refractivity (Wildman–Crippen MR) is 174 cm³/mol. The highest BCUT2D eigenvalue weighted by Gasteiger charge is 2.32. The fourth-order valence-corrected chi connectivity index (χ4v) is 4.74. The zero-order valence-corrected chi connectivity index (χ0v) is 26.8. The Balaban J connectivity index is 1.56. The van der Waals surface area contributed by atoms with Crippen molar-refractivity contribution in [3.63, 3.8) is 0 Å². The van der Waals surface area contributed by atoms with Gasteiger partial charge in [0, 0.05) is 16.7 Å². The number of hydrogen-bond donors (Lipinski definition) is 0. The van der Waals surface area contributed by atoms with Crippen LogP contribution in [0.4, 0.5) is 0 Å². The molecule has 0 aliphatic rings. The van der Waals surface area contributed by atoms with Gasteiger partial charge in [-0.3, -0.25) is 19.2 Å². The lowest BCUT2D eigenvalue weighted by Gasteiger charge is -2.16. The Bertz CT molecular complexity index is 1370. The van der Waals surface area contributed by atoms with E-state index in [2.05, 4.69) is 6.92 Å². The number of benzene rings is 3. The first-order valence-electron chi connectivity index (χ1n) is 15.9. The van der Waals surface area contributed by atoms with Crippen molar-refractivity contribution in [1.29, 1.82) is 0 Å². The van der Waals surface area contributed by atoms with Crippen LogP contribution in [0, 0.1) is 17.8 Å². The van der Waals surface area contributed by atoms with E-state index in [-0.39, 0.29) is 18.3 Å². The zero-order valence-electron chi connectivity index (χ0n) is 26.8. The summed E-state index contributed by atoms with van der Waals surface area (Å²) >= 11 is 0. The fraction of sp³-hybridized carbons (Fsp3) is 0.421. The molecule has 0 saturated heterocycles. The van der Waals surface area contributed by atoms with E-state index in [4.69, 9.17) is 9.47 Å². The number of ketones is 3. The summed E-state index contributed by atoms with van der Waals surface area (Å²) in [6.45, 7) is 10.1. The van der Waals surface area contributed by atoms with Crippen LogP contribution in [0.3, 0.4) is 0 Å². The van der Waals surface area contributed by atoms with Gasteiger partial charge < -0.3 is 9.47 Å². The van der Waals surface area contributed by atoms with E-state index in [1.54, 1.807) is 36.4 Å². The topological polar surface area (TPSA) is 86.7 Å². The molecule has 3 atom stereocenters. The number of carbonyl (C=O) groups excluding carboxylic acids is 4. The first-order valence-corrected chi connectivity index (χ1v) is 15.9. The minimum atomic E-state index is -1.03. The van der Waals surface area contributed by atoms with Gasteiger partial charge in [-0.25, -0.2) is 0 Å². The Morgan fingerprint density at radius 2 is 1.16 bits per heavy atom. The van der Waals surface area contributed by atoms with E-state index in [0.717, 1.165) is 36.3 Å². The smallest absolute Gasteiger partial charge is 0.316 e.